The van der Waals surface area contributed by atoms with Crippen molar-refractivity contribution in [1.82, 2.24) is 14.9 Å². The maximum atomic E-state index is 12.7. The van der Waals surface area contributed by atoms with Gasteiger partial charge in [-0.2, -0.15) is 0 Å². The summed E-state index contributed by atoms with van der Waals surface area (Å²) in [4.78, 5) is 25.2. The maximum Gasteiger partial charge on any atom is 0.260 e. The molecule has 0 amide bonds. The zero-order valence-corrected chi connectivity index (χ0v) is 18.1. The van der Waals surface area contributed by atoms with Crippen LogP contribution in [-0.4, -0.2) is 75.0 Å². The normalized spacial score (nSPS) is 21.2. The van der Waals surface area contributed by atoms with E-state index in [0.717, 1.165) is 39.1 Å². The van der Waals surface area contributed by atoms with E-state index in [2.05, 4.69) is 14.8 Å². The van der Waals surface area contributed by atoms with Crippen molar-refractivity contribution < 1.29 is 14.2 Å². The molecule has 1 atom stereocenters. The molecule has 2 aromatic rings. The molecule has 1 aromatic carbocycles. The molecule has 2 aliphatic heterocycles. The summed E-state index contributed by atoms with van der Waals surface area (Å²) in [6.07, 6.45) is 4.67. The van der Waals surface area contributed by atoms with Crippen molar-refractivity contribution in [1.29, 1.82) is 0 Å². The van der Waals surface area contributed by atoms with E-state index in [1.165, 1.54) is 19.4 Å². The Labute approximate surface area is 177 Å². The number of anilines is 1. The summed E-state index contributed by atoms with van der Waals surface area (Å²) < 4.78 is 16.1. The van der Waals surface area contributed by atoms with Gasteiger partial charge in [-0.15, -0.1) is 0 Å². The quantitative estimate of drug-likeness (QED) is 0.774. The first-order valence-corrected chi connectivity index (χ1v) is 10.8. The molecule has 30 heavy (non-hydrogen) atoms. The molecule has 0 radical (unpaired) electrons. The van der Waals surface area contributed by atoms with Crippen LogP contribution in [0.1, 0.15) is 25.7 Å². The second-order valence-electron chi connectivity index (χ2n) is 8.29. The maximum absolute atomic E-state index is 12.7. The average molecular weight is 417 g/mol. The minimum Gasteiger partial charge on any atom is -0.493 e. The van der Waals surface area contributed by atoms with Gasteiger partial charge in [0, 0.05) is 38.9 Å². The van der Waals surface area contributed by atoms with Crippen molar-refractivity contribution in [3.63, 3.8) is 0 Å². The molecule has 0 bridgehead atoms. The second-order valence-corrected chi connectivity index (χ2v) is 8.29. The Bertz CT molecular complexity index is 921. The van der Waals surface area contributed by atoms with Gasteiger partial charge in [0.1, 0.15) is 0 Å². The molecule has 8 heteroatoms. The fourth-order valence-corrected chi connectivity index (χ4v) is 4.85. The molecular weight excluding hydrogens is 384 g/mol. The summed E-state index contributed by atoms with van der Waals surface area (Å²) in [7, 11) is 4.93. The minimum absolute atomic E-state index is 0.156. The van der Waals surface area contributed by atoms with Crippen LogP contribution in [-0.2, 0) is 4.74 Å². The molecule has 2 saturated heterocycles. The lowest BCUT2D eigenvalue weighted by molar-refractivity contribution is 0.0609. The molecule has 1 unspecified atom stereocenters. The summed E-state index contributed by atoms with van der Waals surface area (Å²) in [5, 5.41) is 0.504. The second kappa shape index (κ2) is 9.22. The number of piperidine rings is 2. The Morgan fingerprint density at radius 2 is 1.80 bits per heavy atom. The number of aromatic nitrogens is 2. The van der Waals surface area contributed by atoms with E-state index in [-0.39, 0.29) is 5.56 Å². The standard InChI is InChI=1S/C22H32N4O4/c1-28-14-15-5-4-8-26(13-15)16-6-9-25(10-7-16)22-23-18-12-20(30-3)19(29-2)11-17(18)21(27)24-22/h11-12,15-16H,4-10,13-14H2,1-3H3,(H,23,24,27). The molecule has 0 saturated carbocycles. The van der Waals surface area contributed by atoms with Gasteiger partial charge in [-0.3, -0.25) is 14.7 Å². The van der Waals surface area contributed by atoms with Crippen molar-refractivity contribution in [2.75, 3.05) is 59.0 Å². The highest BCUT2D eigenvalue weighted by Gasteiger charge is 2.29. The molecular formula is C22H32N4O4. The lowest BCUT2D eigenvalue weighted by Crippen LogP contribution is -2.49. The Morgan fingerprint density at radius 1 is 1.07 bits per heavy atom. The van der Waals surface area contributed by atoms with E-state index in [9.17, 15) is 4.79 Å². The molecule has 3 heterocycles. The van der Waals surface area contributed by atoms with Crippen LogP contribution in [0.5, 0.6) is 11.5 Å². The highest BCUT2D eigenvalue weighted by atomic mass is 16.5. The largest absolute Gasteiger partial charge is 0.493 e. The summed E-state index contributed by atoms with van der Waals surface area (Å²) >= 11 is 0. The first-order chi connectivity index (χ1) is 14.6. The summed E-state index contributed by atoms with van der Waals surface area (Å²) in [6, 6.07) is 4.05. The number of fused-ring (bicyclic) bond motifs is 1. The van der Waals surface area contributed by atoms with Gasteiger partial charge in [0.25, 0.3) is 5.56 Å². The van der Waals surface area contributed by atoms with E-state index in [1.807, 2.05) is 0 Å². The van der Waals surface area contributed by atoms with Gasteiger partial charge in [0.05, 0.1) is 31.7 Å². The molecule has 2 aliphatic rings. The number of benzene rings is 1. The third-order valence-corrected chi connectivity index (χ3v) is 6.43. The average Bonchev–Trinajstić information content (AvgIpc) is 2.78. The molecule has 1 N–H and O–H groups in total. The Balaban J connectivity index is 1.47. The van der Waals surface area contributed by atoms with E-state index >= 15 is 0 Å². The van der Waals surface area contributed by atoms with Crippen LogP contribution in [0.25, 0.3) is 10.9 Å². The number of H-pyrrole nitrogens is 1. The highest BCUT2D eigenvalue weighted by molar-refractivity contribution is 5.82. The summed E-state index contributed by atoms with van der Waals surface area (Å²) in [6.45, 7) is 4.93. The van der Waals surface area contributed by atoms with Gasteiger partial charge in [0.2, 0.25) is 5.95 Å². The molecule has 2 fully saturated rings. The summed E-state index contributed by atoms with van der Waals surface area (Å²) in [5.74, 6) is 2.38. The van der Waals surface area contributed by atoms with Crippen LogP contribution in [0.2, 0.25) is 0 Å². The molecule has 0 aliphatic carbocycles. The third kappa shape index (κ3) is 4.25. The third-order valence-electron chi connectivity index (χ3n) is 6.43. The molecule has 8 nitrogen and oxygen atoms in total. The number of ether oxygens (including phenoxy) is 3. The van der Waals surface area contributed by atoms with E-state index in [1.54, 1.807) is 33.5 Å². The van der Waals surface area contributed by atoms with Gasteiger partial charge in [-0.1, -0.05) is 0 Å². The smallest absolute Gasteiger partial charge is 0.260 e. The SMILES string of the molecule is COCC1CCCN(C2CCN(c3nc4cc(OC)c(OC)cc4c(=O)[nH]3)CC2)C1. The fraction of sp³-hybridized carbons (Fsp3) is 0.636. The first kappa shape index (κ1) is 20.9. The number of aromatic amines is 1. The minimum atomic E-state index is -0.156. The van der Waals surface area contributed by atoms with Crippen molar-refractivity contribution in [2.24, 2.45) is 5.92 Å². The number of nitrogens with one attached hydrogen (secondary N) is 1. The monoisotopic (exact) mass is 416 g/mol. The van der Waals surface area contributed by atoms with Crippen LogP contribution in [0.15, 0.2) is 16.9 Å². The van der Waals surface area contributed by atoms with Crippen molar-refractivity contribution in [3.8, 4) is 11.5 Å². The number of hydrogen-bond acceptors (Lipinski definition) is 7. The van der Waals surface area contributed by atoms with Crippen LogP contribution in [0, 0.1) is 5.92 Å². The van der Waals surface area contributed by atoms with E-state index in [4.69, 9.17) is 19.2 Å². The predicted molar refractivity (Wildman–Crippen MR) is 117 cm³/mol. The van der Waals surface area contributed by atoms with Gasteiger partial charge in [-0.05, 0) is 44.2 Å². The van der Waals surface area contributed by atoms with Crippen molar-refractivity contribution >= 4 is 16.9 Å². The molecule has 4 rings (SSSR count). The number of likely N-dealkylation sites (tertiary alicyclic amines) is 1. The zero-order valence-electron chi connectivity index (χ0n) is 18.1. The van der Waals surface area contributed by atoms with Gasteiger partial charge in [-0.25, -0.2) is 4.98 Å². The molecule has 164 valence electrons. The number of hydrogen-bond donors (Lipinski definition) is 1. The first-order valence-electron chi connectivity index (χ1n) is 10.8. The number of nitrogens with zero attached hydrogens (tertiary/aromatic N) is 3. The number of methoxy groups -OCH3 is 3. The Morgan fingerprint density at radius 3 is 2.50 bits per heavy atom. The molecule has 0 spiro atoms. The summed E-state index contributed by atoms with van der Waals surface area (Å²) in [5.41, 5.74) is 0.462. The fourth-order valence-electron chi connectivity index (χ4n) is 4.85. The van der Waals surface area contributed by atoms with E-state index < -0.39 is 0 Å². The van der Waals surface area contributed by atoms with Crippen LogP contribution in [0.3, 0.4) is 0 Å². The van der Waals surface area contributed by atoms with Gasteiger partial charge < -0.3 is 19.1 Å². The predicted octanol–water partition coefficient (Wildman–Crippen LogP) is 2.27. The zero-order chi connectivity index (χ0) is 21.1. The van der Waals surface area contributed by atoms with Crippen LogP contribution in [0.4, 0.5) is 5.95 Å². The lowest BCUT2D eigenvalue weighted by atomic mass is 9.94. The van der Waals surface area contributed by atoms with Gasteiger partial charge >= 0.3 is 0 Å². The van der Waals surface area contributed by atoms with E-state index in [0.29, 0.717) is 40.3 Å². The Kier molecular flexibility index (Phi) is 6.43. The Hall–Kier alpha value is -2.32. The van der Waals surface area contributed by atoms with Gasteiger partial charge in [0.15, 0.2) is 11.5 Å². The van der Waals surface area contributed by atoms with Crippen molar-refractivity contribution in [3.05, 3.63) is 22.5 Å². The lowest BCUT2D eigenvalue weighted by Gasteiger charge is -2.42. The highest BCUT2D eigenvalue weighted by Crippen LogP contribution is 2.31. The topological polar surface area (TPSA) is 79.9 Å². The van der Waals surface area contributed by atoms with Crippen LogP contribution < -0.4 is 19.9 Å². The van der Waals surface area contributed by atoms with Crippen LogP contribution >= 0.6 is 0 Å². The molecule has 1 aromatic heterocycles. The van der Waals surface area contributed by atoms with Crippen molar-refractivity contribution in [2.45, 2.75) is 31.7 Å². The number of rotatable bonds is 6.